The zero-order valence-corrected chi connectivity index (χ0v) is 13.0. The number of nitriles is 1. The van der Waals surface area contributed by atoms with Gasteiger partial charge < -0.3 is 14.8 Å². The number of anilines is 1. The highest BCUT2D eigenvalue weighted by atomic mass is 16.4. The van der Waals surface area contributed by atoms with Crippen molar-refractivity contribution in [1.29, 1.82) is 5.26 Å². The van der Waals surface area contributed by atoms with Gasteiger partial charge in [-0.3, -0.25) is 4.98 Å². The minimum atomic E-state index is -0.786. The predicted octanol–water partition coefficient (Wildman–Crippen LogP) is 3.46. The number of furan rings is 1. The summed E-state index contributed by atoms with van der Waals surface area (Å²) in [7, 11) is 0. The van der Waals surface area contributed by atoms with Gasteiger partial charge in [0.2, 0.25) is 0 Å². The van der Waals surface area contributed by atoms with Crippen LogP contribution in [0.2, 0.25) is 0 Å². The predicted molar refractivity (Wildman–Crippen MR) is 88.1 cm³/mol. The molecular weight excluding hydrogens is 290 g/mol. The molecule has 116 valence electrons. The van der Waals surface area contributed by atoms with Gasteiger partial charge in [0.1, 0.15) is 17.9 Å². The monoisotopic (exact) mass is 307 g/mol. The van der Waals surface area contributed by atoms with Crippen molar-refractivity contribution in [2.75, 3.05) is 11.9 Å². The first-order chi connectivity index (χ1) is 11.1. The summed E-state index contributed by atoms with van der Waals surface area (Å²) in [5.41, 5.74) is 4.15. The smallest absolute Gasteiger partial charge is 0.134 e. The van der Waals surface area contributed by atoms with Crippen LogP contribution in [0, 0.1) is 25.2 Å². The van der Waals surface area contributed by atoms with E-state index in [4.69, 9.17) is 4.42 Å². The third kappa shape index (κ3) is 2.89. The van der Waals surface area contributed by atoms with Crippen molar-refractivity contribution in [2.45, 2.75) is 20.0 Å². The van der Waals surface area contributed by atoms with Crippen molar-refractivity contribution >= 4 is 16.6 Å². The molecule has 0 spiro atoms. The number of aliphatic hydroxyl groups is 1. The van der Waals surface area contributed by atoms with Gasteiger partial charge >= 0.3 is 0 Å². The first-order valence-electron chi connectivity index (χ1n) is 7.35. The van der Waals surface area contributed by atoms with Gasteiger partial charge in [0.05, 0.1) is 23.0 Å². The third-order valence-corrected chi connectivity index (χ3v) is 3.77. The van der Waals surface area contributed by atoms with Crippen LogP contribution in [0.1, 0.15) is 28.6 Å². The van der Waals surface area contributed by atoms with Crippen LogP contribution in [-0.2, 0) is 0 Å². The quantitative estimate of drug-likeness (QED) is 0.771. The van der Waals surface area contributed by atoms with Crippen LogP contribution < -0.4 is 5.32 Å². The molecule has 0 aliphatic carbocycles. The Morgan fingerprint density at radius 1 is 1.39 bits per heavy atom. The van der Waals surface area contributed by atoms with Gasteiger partial charge in [-0.2, -0.15) is 5.26 Å². The highest BCUT2D eigenvalue weighted by Gasteiger charge is 2.14. The largest absolute Gasteiger partial charge is 0.467 e. The minimum absolute atomic E-state index is 0.244. The lowest BCUT2D eigenvalue weighted by Gasteiger charge is -2.15. The summed E-state index contributed by atoms with van der Waals surface area (Å²) in [6.45, 7) is 4.25. The summed E-state index contributed by atoms with van der Waals surface area (Å²) in [5, 5.41) is 23.6. The van der Waals surface area contributed by atoms with Crippen LogP contribution in [0.15, 0.2) is 41.1 Å². The van der Waals surface area contributed by atoms with Crippen LogP contribution in [0.3, 0.4) is 0 Å². The lowest BCUT2D eigenvalue weighted by Crippen LogP contribution is -2.13. The van der Waals surface area contributed by atoms with Crippen molar-refractivity contribution in [2.24, 2.45) is 0 Å². The SMILES string of the molecule is Cc1cc(C)c2ncc(C#N)c(NCC(O)c3ccco3)c2c1. The average Bonchev–Trinajstić information content (AvgIpc) is 3.06. The van der Waals surface area contributed by atoms with E-state index < -0.39 is 6.10 Å². The number of hydrogen-bond acceptors (Lipinski definition) is 5. The summed E-state index contributed by atoms with van der Waals surface area (Å²) < 4.78 is 5.20. The molecule has 0 radical (unpaired) electrons. The molecule has 3 aromatic rings. The Morgan fingerprint density at radius 3 is 2.91 bits per heavy atom. The fourth-order valence-electron chi connectivity index (χ4n) is 2.72. The molecule has 2 heterocycles. The lowest BCUT2D eigenvalue weighted by atomic mass is 10.0. The first-order valence-corrected chi connectivity index (χ1v) is 7.35. The van der Waals surface area contributed by atoms with Gasteiger partial charge in [-0.15, -0.1) is 0 Å². The topological polar surface area (TPSA) is 82.1 Å². The number of nitrogens with one attached hydrogen (secondary N) is 1. The first kappa shape index (κ1) is 15.1. The molecule has 0 aliphatic rings. The molecular formula is C18H17N3O2. The molecule has 5 heteroatoms. The molecule has 0 saturated carbocycles. The number of hydrogen-bond donors (Lipinski definition) is 2. The highest BCUT2D eigenvalue weighted by molar-refractivity contribution is 5.96. The molecule has 5 nitrogen and oxygen atoms in total. The summed E-state index contributed by atoms with van der Waals surface area (Å²) in [6.07, 6.45) is 2.30. The van der Waals surface area contributed by atoms with Gasteiger partial charge in [-0.05, 0) is 37.6 Å². The maximum absolute atomic E-state index is 10.2. The second-order valence-electron chi connectivity index (χ2n) is 5.55. The molecule has 1 unspecified atom stereocenters. The molecule has 2 N–H and O–H groups in total. The molecule has 3 rings (SSSR count). The van der Waals surface area contributed by atoms with Gasteiger partial charge in [0, 0.05) is 18.1 Å². The Morgan fingerprint density at radius 2 is 2.22 bits per heavy atom. The highest BCUT2D eigenvalue weighted by Crippen LogP contribution is 2.29. The van der Waals surface area contributed by atoms with E-state index in [1.54, 1.807) is 18.3 Å². The van der Waals surface area contributed by atoms with E-state index >= 15 is 0 Å². The van der Waals surface area contributed by atoms with E-state index in [9.17, 15) is 10.4 Å². The number of aromatic nitrogens is 1. The molecule has 0 saturated heterocycles. The van der Waals surface area contributed by atoms with Crippen LogP contribution in [0.5, 0.6) is 0 Å². The normalized spacial score (nSPS) is 12.1. The van der Waals surface area contributed by atoms with Crippen LogP contribution in [-0.4, -0.2) is 16.6 Å². The number of benzene rings is 1. The zero-order valence-electron chi connectivity index (χ0n) is 13.0. The van der Waals surface area contributed by atoms with E-state index in [1.165, 1.54) is 6.26 Å². The summed E-state index contributed by atoms with van der Waals surface area (Å²) in [5.74, 6) is 0.488. The third-order valence-electron chi connectivity index (χ3n) is 3.77. The summed E-state index contributed by atoms with van der Waals surface area (Å²) in [6, 6.07) is 9.66. The van der Waals surface area contributed by atoms with Crippen molar-refractivity contribution in [1.82, 2.24) is 4.98 Å². The van der Waals surface area contributed by atoms with Crippen molar-refractivity contribution in [3.05, 3.63) is 59.2 Å². The fourth-order valence-corrected chi connectivity index (χ4v) is 2.72. The molecule has 0 fully saturated rings. The van der Waals surface area contributed by atoms with E-state index in [2.05, 4.69) is 22.4 Å². The molecule has 0 bridgehead atoms. The van der Waals surface area contributed by atoms with Gasteiger partial charge in [0.15, 0.2) is 0 Å². The molecule has 1 aromatic carbocycles. The fraction of sp³-hybridized carbons (Fsp3) is 0.222. The lowest BCUT2D eigenvalue weighted by molar-refractivity contribution is 0.162. The van der Waals surface area contributed by atoms with Crippen molar-refractivity contribution in [3.8, 4) is 6.07 Å². The minimum Gasteiger partial charge on any atom is -0.467 e. The van der Waals surface area contributed by atoms with E-state index in [0.717, 1.165) is 22.0 Å². The van der Waals surface area contributed by atoms with Gasteiger partial charge in [0.25, 0.3) is 0 Å². The van der Waals surface area contributed by atoms with Crippen LogP contribution in [0.4, 0.5) is 5.69 Å². The molecule has 2 aromatic heterocycles. The molecule has 0 amide bonds. The van der Waals surface area contributed by atoms with Crippen molar-refractivity contribution in [3.63, 3.8) is 0 Å². The molecule has 23 heavy (non-hydrogen) atoms. The second-order valence-corrected chi connectivity index (χ2v) is 5.55. The summed E-state index contributed by atoms with van der Waals surface area (Å²) >= 11 is 0. The number of aliphatic hydroxyl groups excluding tert-OH is 1. The van der Waals surface area contributed by atoms with Gasteiger partial charge in [-0.25, -0.2) is 0 Å². The second kappa shape index (κ2) is 6.11. The van der Waals surface area contributed by atoms with E-state index in [1.807, 2.05) is 19.9 Å². The van der Waals surface area contributed by atoms with E-state index in [-0.39, 0.29) is 6.54 Å². The van der Waals surface area contributed by atoms with Crippen LogP contribution in [0.25, 0.3) is 10.9 Å². The summed E-state index contributed by atoms with van der Waals surface area (Å²) in [4.78, 5) is 4.39. The van der Waals surface area contributed by atoms with Crippen LogP contribution >= 0.6 is 0 Å². The molecule has 0 aliphatic heterocycles. The number of fused-ring (bicyclic) bond motifs is 1. The van der Waals surface area contributed by atoms with E-state index in [0.29, 0.717) is 17.0 Å². The Bertz CT molecular complexity index is 879. The number of aryl methyl sites for hydroxylation is 2. The number of nitrogens with zero attached hydrogens (tertiary/aromatic N) is 2. The number of rotatable bonds is 4. The average molecular weight is 307 g/mol. The number of pyridine rings is 1. The maximum atomic E-state index is 10.2. The standard InChI is InChI=1S/C18H17N3O2/c1-11-6-12(2)17-14(7-11)18(13(8-19)9-20-17)21-10-15(22)16-4-3-5-23-16/h3-7,9,15,22H,10H2,1-2H3,(H,20,21). The Labute approximate surface area is 134 Å². The Hall–Kier alpha value is -2.84. The van der Waals surface area contributed by atoms with Crippen molar-refractivity contribution < 1.29 is 9.52 Å². The zero-order chi connectivity index (χ0) is 16.4. The Balaban J connectivity index is 2.00. The maximum Gasteiger partial charge on any atom is 0.134 e. The van der Waals surface area contributed by atoms with Gasteiger partial charge in [-0.1, -0.05) is 11.6 Å². The Kier molecular flexibility index (Phi) is 4.00. The molecule has 1 atom stereocenters.